The fraction of sp³-hybridized carbons (Fsp3) is 0.500. The first kappa shape index (κ1) is 24.7. The summed E-state index contributed by atoms with van der Waals surface area (Å²) in [5, 5.41) is 0.00543. The first-order valence-corrected chi connectivity index (χ1v) is 11.9. The van der Waals surface area contributed by atoms with Crippen LogP contribution in [0.25, 0.3) is 0 Å². The van der Waals surface area contributed by atoms with Crippen LogP contribution in [0.15, 0.2) is 30.3 Å². The number of ether oxygens (including phenoxy) is 3. The van der Waals surface area contributed by atoms with E-state index in [4.69, 9.17) is 25.8 Å². The molecule has 2 heterocycles. The van der Waals surface area contributed by atoms with Gasteiger partial charge in [-0.25, -0.2) is 8.78 Å². The van der Waals surface area contributed by atoms with Crippen molar-refractivity contribution >= 4 is 17.6 Å². The van der Waals surface area contributed by atoms with Gasteiger partial charge < -0.3 is 19.1 Å². The minimum absolute atomic E-state index is 0.00543. The Balaban J connectivity index is 1.34. The molecule has 2 aromatic carbocycles. The van der Waals surface area contributed by atoms with Crippen molar-refractivity contribution in [3.8, 4) is 11.5 Å². The van der Waals surface area contributed by atoms with Gasteiger partial charge in [0, 0.05) is 28.6 Å². The Morgan fingerprint density at radius 3 is 2.47 bits per heavy atom. The predicted molar refractivity (Wildman–Crippen MR) is 125 cm³/mol. The van der Waals surface area contributed by atoms with Gasteiger partial charge in [0.25, 0.3) is 0 Å². The minimum atomic E-state index is -0.736. The Morgan fingerprint density at radius 2 is 1.82 bits per heavy atom. The summed E-state index contributed by atoms with van der Waals surface area (Å²) in [6, 6.07) is 7.72. The van der Waals surface area contributed by atoms with E-state index in [0.29, 0.717) is 25.3 Å². The zero-order valence-electron chi connectivity index (χ0n) is 19.8. The van der Waals surface area contributed by atoms with Crippen molar-refractivity contribution in [2.75, 3.05) is 26.2 Å². The van der Waals surface area contributed by atoms with Gasteiger partial charge in [-0.2, -0.15) is 0 Å². The second-order valence-corrected chi connectivity index (χ2v) is 10.5. The third-order valence-electron chi connectivity index (χ3n) is 6.38. The maximum Gasteiger partial charge on any atom is 0.307 e. The summed E-state index contributed by atoms with van der Waals surface area (Å²) >= 11 is 5.68. The Bertz CT molecular complexity index is 1040. The van der Waals surface area contributed by atoms with Crippen LogP contribution >= 0.6 is 11.6 Å². The summed E-state index contributed by atoms with van der Waals surface area (Å²) in [5.41, 5.74) is 0.440. The second kappa shape index (κ2) is 9.70. The number of nitrogens with zero attached hydrogens (tertiary/aromatic N) is 1. The lowest BCUT2D eigenvalue weighted by molar-refractivity contribution is -0.155. The third-order valence-corrected chi connectivity index (χ3v) is 6.60. The van der Waals surface area contributed by atoms with Gasteiger partial charge >= 0.3 is 5.97 Å². The smallest absolute Gasteiger partial charge is 0.307 e. The van der Waals surface area contributed by atoms with E-state index in [1.807, 2.05) is 32.9 Å². The maximum atomic E-state index is 14.0. The van der Waals surface area contributed by atoms with E-state index in [2.05, 4.69) is 4.90 Å². The van der Waals surface area contributed by atoms with E-state index in [0.717, 1.165) is 49.4 Å². The minimum Gasteiger partial charge on any atom is -0.492 e. The second-order valence-electron chi connectivity index (χ2n) is 10.0. The van der Waals surface area contributed by atoms with Crippen molar-refractivity contribution in [3.63, 3.8) is 0 Å². The molecule has 0 amide bonds. The van der Waals surface area contributed by atoms with Gasteiger partial charge in [-0.05, 0) is 64.9 Å². The molecule has 8 heteroatoms. The number of esters is 1. The van der Waals surface area contributed by atoms with Gasteiger partial charge in [0.15, 0.2) is 0 Å². The molecule has 34 heavy (non-hydrogen) atoms. The molecule has 5 nitrogen and oxygen atoms in total. The van der Waals surface area contributed by atoms with E-state index in [-0.39, 0.29) is 28.6 Å². The SMILES string of the molecule is CC(C)(C)OC(=O)CCN1CCC2(CC1)COc1cc(OCc3c(F)cc(Cl)cc3F)ccc12. The number of carbonyl (C=O) groups is 1. The van der Waals surface area contributed by atoms with Crippen LogP contribution in [0.4, 0.5) is 8.78 Å². The molecule has 1 fully saturated rings. The van der Waals surface area contributed by atoms with E-state index in [9.17, 15) is 13.6 Å². The van der Waals surface area contributed by atoms with Crippen LogP contribution in [0, 0.1) is 11.6 Å². The number of halogens is 3. The van der Waals surface area contributed by atoms with Gasteiger partial charge in [0.05, 0.1) is 18.6 Å². The van der Waals surface area contributed by atoms with Crippen molar-refractivity contribution in [1.82, 2.24) is 4.90 Å². The highest BCUT2D eigenvalue weighted by molar-refractivity contribution is 6.30. The lowest BCUT2D eigenvalue weighted by atomic mass is 9.74. The van der Waals surface area contributed by atoms with Crippen LogP contribution in [-0.2, 0) is 21.6 Å². The maximum absolute atomic E-state index is 14.0. The molecule has 1 spiro atoms. The molecule has 184 valence electrons. The zero-order chi connectivity index (χ0) is 24.5. The van der Waals surface area contributed by atoms with Gasteiger partial charge in [-0.3, -0.25) is 4.79 Å². The standard InChI is InChI=1S/C26H30ClF2NO4/c1-25(2,3)34-24(31)6-9-30-10-7-26(8-11-30)16-33-23-14-18(4-5-20(23)26)32-15-19-21(28)12-17(27)13-22(19)29/h4-5,12-14H,6-11,15-16H2,1-3H3. The first-order valence-electron chi connectivity index (χ1n) is 11.5. The van der Waals surface area contributed by atoms with Gasteiger partial charge in [-0.15, -0.1) is 0 Å². The number of likely N-dealkylation sites (tertiary alicyclic amines) is 1. The van der Waals surface area contributed by atoms with Crippen LogP contribution in [0.3, 0.4) is 0 Å². The Hall–Kier alpha value is -2.38. The molecule has 0 aromatic heterocycles. The number of hydrogen-bond donors (Lipinski definition) is 0. The van der Waals surface area contributed by atoms with Crippen LogP contribution < -0.4 is 9.47 Å². The van der Waals surface area contributed by atoms with E-state index < -0.39 is 17.2 Å². The lowest BCUT2D eigenvalue weighted by Gasteiger charge is -2.38. The first-order chi connectivity index (χ1) is 16.0. The summed E-state index contributed by atoms with van der Waals surface area (Å²) in [7, 11) is 0. The number of piperidine rings is 1. The molecule has 0 bridgehead atoms. The number of fused-ring (bicyclic) bond motifs is 2. The molecular weight excluding hydrogens is 464 g/mol. The number of rotatable bonds is 6. The molecule has 0 unspecified atom stereocenters. The monoisotopic (exact) mass is 493 g/mol. The normalized spacial score (nSPS) is 17.4. The highest BCUT2D eigenvalue weighted by Gasteiger charge is 2.43. The van der Waals surface area contributed by atoms with Crippen LogP contribution in [0.2, 0.25) is 5.02 Å². The molecule has 2 aliphatic rings. The molecule has 0 aliphatic carbocycles. The number of hydrogen-bond acceptors (Lipinski definition) is 5. The molecule has 4 rings (SSSR count). The summed E-state index contributed by atoms with van der Waals surface area (Å²) < 4.78 is 45.1. The fourth-order valence-corrected chi connectivity index (χ4v) is 4.76. The van der Waals surface area contributed by atoms with E-state index in [1.54, 1.807) is 6.07 Å². The third kappa shape index (κ3) is 5.63. The zero-order valence-corrected chi connectivity index (χ0v) is 20.5. The quantitative estimate of drug-likeness (QED) is 0.486. The van der Waals surface area contributed by atoms with Gasteiger partial charge in [0.2, 0.25) is 0 Å². The molecule has 2 aliphatic heterocycles. The molecule has 0 N–H and O–H groups in total. The fourth-order valence-electron chi connectivity index (χ4n) is 4.57. The van der Waals surface area contributed by atoms with Crippen molar-refractivity contribution in [3.05, 3.63) is 58.1 Å². The van der Waals surface area contributed by atoms with Crippen LogP contribution in [0.5, 0.6) is 11.5 Å². The van der Waals surface area contributed by atoms with Crippen LogP contribution in [-0.4, -0.2) is 42.7 Å². The van der Waals surface area contributed by atoms with Crippen LogP contribution in [0.1, 0.15) is 51.2 Å². The molecule has 0 saturated carbocycles. The Kier molecular flexibility index (Phi) is 7.06. The number of carbonyl (C=O) groups excluding carboxylic acids is 1. The molecule has 0 radical (unpaired) electrons. The Labute approximate surface area is 203 Å². The van der Waals surface area contributed by atoms with Crippen molar-refractivity contribution in [1.29, 1.82) is 0 Å². The average Bonchev–Trinajstić information content (AvgIpc) is 3.09. The molecule has 1 saturated heterocycles. The van der Waals surface area contributed by atoms with Crippen molar-refractivity contribution in [2.24, 2.45) is 0 Å². The van der Waals surface area contributed by atoms with Gasteiger partial charge in [-0.1, -0.05) is 17.7 Å². The van der Waals surface area contributed by atoms with Gasteiger partial charge in [0.1, 0.15) is 35.3 Å². The largest absolute Gasteiger partial charge is 0.492 e. The average molecular weight is 494 g/mol. The summed E-state index contributed by atoms with van der Waals surface area (Å²) in [5.74, 6) is -0.413. The Morgan fingerprint density at radius 1 is 1.15 bits per heavy atom. The topological polar surface area (TPSA) is 48.0 Å². The lowest BCUT2D eigenvalue weighted by Crippen LogP contribution is -2.44. The molecule has 0 atom stereocenters. The summed E-state index contributed by atoms with van der Waals surface area (Å²) in [4.78, 5) is 14.3. The molecular formula is C26H30ClF2NO4. The highest BCUT2D eigenvalue weighted by atomic mass is 35.5. The highest BCUT2D eigenvalue weighted by Crippen LogP contribution is 2.46. The van der Waals surface area contributed by atoms with E-state index >= 15 is 0 Å². The van der Waals surface area contributed by atoms with Crippen molar-refractivity contribution < 1.29 is 27.8 Å². The molecule has 2 aromatic rings. The summed E-state index contributed by atoms with van der Waals surface area (Å²) in [6.45, 7) is 8.39. The van der Waals surface area contributed by atoms with Crippen molar-refractivity contribution in [2.45, 2.75) is 57.7 Å². The predicted octanol–water partition coefficient (Wildman–Crippen LogP) is 5.66. The summed E-state index contributed by atoms with van der Waals surface area (Å²) in [6.07, 6.45) is 2.23. The number of benzene rings is 2. The van der Waals surface area contributed by atoms with E-state index in [1.165, 1.54) is 0 Å².